The van der Waals surface area contributed by atoms with Crippen LogP contribution < -0.4 is 5.32 Å². The number of nitrogens with one attached hydrogen (secondary N) is 1. The topological polar surface area (TPSA) is 21.9 Å². The van der Waals surface area contributed by atoms with Crippen LogP contribution in [0.2, 0.25) is 0 Å². The SMILES string of the molecule is CC12CCCCCC1(I)N2. The van der Waals surface area contributed by atoms with Crippen molar-refractivity contribution >= 4 is 22.6 Å². The molecule has 1 nitrogen and oxygen atoms in total. The Bertz CT molecular complexity index is 143. The van der Waals surface area contributed by atoms with Crippen molar-refractivity contribution in [2.45, 2.75) is 48.1 Å². The average Bonchev–Trinajstić information content (AvgIpc) is 2.36. The summed E-state index contributed by atoms with van der Waals surface area (Å²) in [4.78, 5) is 0. The molecule has 2 unspecified atom stereocenters. The lowest BCUT2D eigenvalue weighted by Gasteiger charge is -2.07. The highest BCUT2D eigenvalue weighted by atomic mass is 127. The first-order valence-corrected chi connectivity index (χ1v) is 5.22. The summed E-state index contributed by atoms with van der Waals surface area (Å²) in [6.07, 6.45) is 7.06. The Balaban J connectivity index is 2.11. The average molecular weight is 251 g/mol. The van der Waals surface area contributed by atoms with Crippen LogP contribution in [0.4, 0.5) is 0 Å². The monoisotopic (exact) mass is 251 g/mol. The van der Waals surface area contributed by atoms with Crippen LogP contribution in [0.1, 0.15) is 39.0 Å². The van der Waals surface area contributed by atoms with Gasteiger partial charge in [-0.3, -0.25) is 5.32 Å². The van der Waals surface area contributed by atoms with Crippen molar-refractivity contribution < 1.29 is 0 Å². The van der Waals surface area contributed by atoms with Crippen molar-refractivity contribution in [1.82, 2.24) is 5.32 Å². The van der Waals surface area contributed by atoms with E-state index in [0.29, 0.717) is 9.08 Å². The second-order valence-electron chi connectivity index (χ2n) is 3.82. The van der Waals surface area contributed by atoms with E-state index in [1.165, 1.54) is 32.1 Å². The van der Waals surface area contributed by atoms with E-state index in [1.54, 1.807) is 0 Å². The van der Waals surface area contributed by atoms with Crippen LogP contribution in [0.15, 0.2) is 0 Å². The zero-order chi connectivity index (χ0) is 7.24. The van der Waals surface area contributed by atoms with E-state index in [0.717, 1.165) is 0 Å². The molecule has 2 rings (SSSR count). The first kappa shape index (κ1) is 7.35. The summed E-state index contributed by atoms with van der Waals surface area (Å²) >= 11 is 2.60. The van der Waals surface area contributed by atoms with Gasteiger partial charge >= 0.3 is 0 Å². The first-order chi connectivity index (χ1) is 4.66. The molecule has 0 amide bonds. The summed E-state index contributed by atoms with van der Waals surface area (Å²) in [7, 11) is 0. The van der Waals surface area contributed by atoms with Gasteiger partial charge in [-0.25, -0.2) is 0 Å². The number of halogens is 1. The normalized spacial score (nSPS) is 53.4. The molecule has 0 aromatic heterocycles. The smallest absolute Gasteiger partial charge is 0.0891 e. The lowest BCUT2D eigenvalue weighted by molar-refractivity contribution is 0.579. The van der Waals surface area contributed by atoms with E-state index in [2.05, 4.69) is 34.8 Å². The molecular formula is C8H14IN. The minimum Gasteiger partial charge on any atom is -0.293 e. The zero-order valence-corrected chi connectivity index (χ0v) is 8.57. The van der Waals surface area contributed by atoms with E-state index in [4.69, 9.17) is 0 Å². The Kier molecular flexibility index (Phi) is 1.54. The maximum absolute atomic E-state index is 3.61. The minimum atomic E-state index is 0.487. The van der Waals surface area contributed by atoms with Crippen molar-refractivity contribution in [1.29, 1.82) is 0 Å². The Labute approximate surface area is 76.1 Å². The van der Waals surface area contributed by atoms with Crippen LogP contribution in [0, 0.1) is 0 Å². The van der Waals surface area contributed by atoms with Crippen molar-refractivity contribution in [3.63, 3.8) is 0 Å². The van der Waals surface area contributed by atoms with E-state index >= 15 is 0 Å². The molecule has 1 heterocycles. The van der Waals surface area contributed by atoms with E-state index < -0.39 is 0 Å². The molecule has 0 spiro atoms. The van der Waals surface area contributed by atoms with Gasteiger partial charge in [0.15, 0.2) is 0 Å². The van der Waals surface area contributed by atoms with Crippen molar-refractivity contribution in [2.75, 3.05) is 0 Å². The molecule has 1 N–H and O–H groups in total. The molecule has 2 fully saturated rings. The van der Waals surface area contributed by atoms with Gasteiger partial charge in [-0.15, -0.1) is 0 Å². The Morgan fingerprint density at radius 1 is 1.20 bits per heavy atom. The number of rotatable bonds is 0. The van der Waals surface area contributed by atoms with Crippen molar-refractivity contribution in [3.8, 4) is 0 Å². The fraction of sp³-hybridized carbons (Fsp3) is 1.00. The Morgan fingerprint density at radius 2 is 1.90 bits per heavy atom. The van der Waals surface area contributed by atoms with E-state index in [-0.39, 0.29) is 0 Å². The maximum atomic E-state index is 3.61. The van der Waals surface area contributed by atoms with E-state index in [9.17, 15) is 0 Å². The third-order valence-corrected chi connectivity index (χ3v) is 4.98. The highest BCUT2D eigenvalue weighted by Gasteiger charge is 2.61. The maximum Gasteiger partial charge on any atom is 0.0891 e. The second kappa shape index (κ2) is 2.09. The standard InChI is InChI=1S/C8H14IN/c1-7-5-3-2-4-6-8(7,9)10-7/h10H,2-6H2,1H3. The van der Waals surface area contributed by atoms with Gasteiger partial charge in [0.2, 0.25) is 0 Å². The quantitative estimate of drug-likeness (QED) is 0.304. The van der Waals surface area contributed by atoms with Crippen LogP contribution in [-0.4, -0.2) is 9.08 Å². The third kappa shape index (κ3) is 0.916. The molecule has 0 radical (unpaired) electrons. The van der Waals surface area contributed by atoms with Crippen molar-refractivity contribution in [3.05, 3.63) is 0 Å². The predicted octanol–water partition coefficient (Wildman–Crippen LogP) is 2.44. The van der Waals surface area contributed by atoms with Gasteiger partial charge in [0.1, 0.15) is 0 Å². The van der Waals surface area contributed by atoms with Gasteiger partial charge in [-0.2, -0.15) is 0 Å². The lowest BCUT2D eigenvalue weighted by atomic mass is 10.0. The molecule has 2 atom stereocenters. The molecule has 2 heteroatoms. The van der Waals surface area contributed by atoms with Crippen LogP contribution in [0.3, 0.4) is 0 Å². The molecule has 2 aliphatic rings. The lowest BCUT2D eigenvalue weighted by Crippen LogP contribution is -2.14. The van der Waals surface area contributed by atoms with Crippen LogP contribution in [0.25, 0.3) is 0 Å². The van der Waals surface area contributed by atoms with Gasteiger partial charge in [-0.05, 0) is 19.8 Å². The molecule has 10 heavy (non-hydrogen) atoms. The fourth-order valence-corrected chi connectivity index (χ4v) is 3.28. The summed E-state index contributed by atoms with van der Waals surface area (Å²) in [6.45, 7) is 2.37. The summed E-state index contributed by atoms with van der Waals surface area (Å²) in [5.41, 5.74) is 0.504. The predicted molar refractivity (Wildman–Crippen MR) is 51.4 cm³/mol. The molecule has 1 aliphatic carbocycles. The summed E-state index contributed by atoms with van der Waals surface area (Å²) in [5, 5.41) is 3.61. The van der Waals surface area contributed by atoms with Crippen LogP contribution in [0.5, 0.6) is 0 Å². The molecule has 0 aromatic carbocycles. The van der Waals surface area contributed by atoms with Gasteiger partial charge < -0.3 is 0 Å². The largest absolute Gasteiger partial charge is 0.293 e. The second-order valence-corrected chi connectivity index (χ2v) is 5.66. The minimum absolute atomic E-state index is 0.487. The molecule has 1 aliphatic heterocycles. The fourth-order valence-electron chi connectivity index (χ4n) is 2.03. The number of fused-ring (bicyclic) bond motifs is 1. The van der Waals surface area contributed by atoms with E-state index in [1.807, 2.05) is 0 Å². The number of hydrogen-bond donors (Lipinski definition) is 1. The molecule has 1 saturated heterocycles. The first-order valence-electron chi connectivity index (χ1n) is 4.15. The summed E-state index contributed by atoms with van der Waals surface area (Å²) < 4.78 is 0.487. The number of alkyl halides is 1. The van der Waals surface area contributed by atoms with Crippen LogP contribution >= 0.6 is 22.6 Å². The van der Waals surface area contributed by atoms with Gasteiger partial charge in [0, 0.05) is 5.54 Å². The van der Waals surface area contributed by atoms with Gasteiger partial charge in [0.05, 0.1) is 3.55 Å². The highest BCUT2D eigenvalue weighted by Crippen LogP contribution is 2.52. The third-order valence-electron chi connectivity index (χ3n) is 2.98. The molecule has 0 aromatic rings. The Morgan fingerprint density at radius 3 is 2.70 bits per heavy atom. The zero-order valence-electron chi connectivity index (χ0n) is 6.41. The molecular weight excluding hydrogens is 237 g/mol. The molecule has 1 saturated carbocycles. The Hall–Kier alpha value is 0.690. The molecule has 58 valence electrons. The molecule has 0 bridgehead atoms. The van der Waals surface area contributed by atoms with Gasteiger partial charge in [-0.1, -0.05) is 41.9 Å². The van der Waals surface area contributed by atoms with Crippen LogP contribution in [-0.2, 0) is 0 Å². The number of hydrogen-bond acceptors (Lipinski definition) is 1. The summed E-state index contributed by atoms with van der Waals surface area (Å²) in [5.74, 6) is 0. The van der Waals surface area contributed by atoms with Crippen molar-refractivity contribution in [2.24, 2.45) is 0 Å². The summed E-state index contributed by atoms with van der Waals surface area (Å²) in [6, 6.07) is 0. The van der Waals surface area contributed by atoms with Gasteiger partial charge in [0.25, 0.3) is 0 Å². The highest BCUT2D eigenvalue weighted by molar-refractivity contribution is 14.1.